The summed E-state index contributed by atoms with van der Waals surface area (Å²) in [6.07, 6.45) is 5.29. The van der Waals surface area contributed by atoms with E-state index in [-0.39, 0.29) is 0 Å². The quantitative estimate of drug-likeness (QED) is 0.807. The highest BCUT2D eigenvalue weighted by Crippen LogP contribution is 2.29. The van der Waals surface area contributed by atoms with Gasteiger partial charge in [-0.15, -0.1) is 0 Å². The molecule has 0 spiro atoms. The van der Waals surface area contributed by atoms with Gasteiger partial charge < -0.3 is 10.1 Å². The average molecular weight is 274 g/mol. The smallest absolute Gasteiger partial charge is 0.123 e. The van der Waals surface area contributed by atoms with E-state index in [0.717, 1.165) is 31.8 Å². The second-order valence-corrected chi connectivity index (χ2v) is 6.05. The number of rotatable bonds is 6. The van der Waals surface area contributed by atoms with Crippen LogP contribution in [0.3, 0.4) is 0 Å². The molecule has 0 amide bonds. The Morgan fingerprint density at radius 3 is 3.10 bits per heavy atom. The highest BCUT2D eigenvalue weighted by atomic mass is 16.5. The fourth-order valence-electron chi connectivity index (χ4n) is 3.43. The molecule has 3 nitrogen and oxygen atoms in total. The van der Waals surface area contributed by atoms with Crippen molar-refractivity contribution < 1.29 is 4.74 Å². The number of fused-ring (bicyclic) bond motifs is 1. The topological polar surface area (TPSA) is 24.5 Å². The van der Waals surface area contributed by atoms with Crippen LogP contribution in [0.5, 0.6) is 5.75 Å². The molecule has 3 rings (SSSR count). The monoisotopic (exact) mass is 274 g/mol. The molecule has 1 fully saturated rings. The first-order chi connectivity index (χ1) is 9.86. The minimum atomic E-state index is 0.346. The Hall–Kier alpha value is -1.06. The van der Waals surface area contributed by atoms with E-state index in [9.17, 15) is 0 Å². The van der Waals surface area contributed by atoms with Gasteiger partial charge in [-0.2, -0.15) is 0 Å². The van der Waals surface area contributed by atoms with Crippen LogP contribution >= 0.6 is 0 Å². The molecule has 2 heterocycles. The molecule has 0 aliphatic carbocycles. The zero-order valence-electron chi connectivity index (χ0n) is 12.5. The van der Waals surface area contributed by atoms with Crippen LogP contribution in [0.4, 0.5) is 0 Å². The molecule has 1 saturated heterocycles. The summed E-state index contributed by atoms with van der Waals surface area (Å²) < 4.78 is 6.08. The standard InChI is InChI=1S/C17H26N2O/c1-2-9-18-12-15-7-5-10-19(15)13-16-11-14-6-3-4-8-17(14)20-16/h3-4,6,8,15-16,18H,2,5,7,9-13H2,1H3. The molecular formula is C17H26N2O. The molecule has 0 radical (unpaired) electrons. The number of hydrogen-bond acceptors (Lipinski definition) is 3. The van der Waals surface area contributed by atoms with Crippen molar-refractivity contribution in [1.29, 1.82) is 0 Å². The molecule has 1 aromatic carbocycles. The molecule has 0 aromatic heterocycles. The summed E-state index contributed by atoms with van der Waals surface area (Å²) in [5.74, 6) is 1.09. The molecule has 1 N–H and O–H groups in total. The first kappa shape index (κ1) is 13.9. The predicted molar refractivity (Wildman–Crippen MR) is 82.3 cm³/mol. The first-order valence-electron chi connectivity index (χ1n) is 8.06. The number of benzene rings is 1. The van der Waals surface area contributed by atoms with E-state index in [1.54, 1.807) is 0 Å². The lowest BCUT2D eigenvalue weighted by Crippen LogP contribution is -2.43. The molecule has 2 atom stereocenters. The number of ether oxygens (including phenoxy) is 1. The second-order valence-electron chi connectivity index (χ2n) is 6.05. The number of hydrogen-bond donors (Lipinski definition) is 1. The Bertz CT molecular complexity index is 410. The Morgan fingerprint density at radius 1 is 1.35 bits per heavy atom. The molecule has 2 unspecified atom stereocenters. The van der Waals surface area contributed by atoms with Crippen molar-refractivity contribution in [1.82, 2.24) is 10.2 Å². The third-order valence-corrected chi connectivity index (χ3v) is 4.46. The van der Waals surface area contributed by atoms with Crippen LogP contribution in [0.15, 0.2) is 24.3 Å². The van der Waals surface area contributed by atoms with Gasteiger partial charge in [0.2, 0.25) is 0 Å². The van der Waals surface area contributed by atoms with Crippen LogP contribution < -0.4 is 10.1 Å². The van der Waals surface area contributed by atoms with Gasteiger partial charge in [0, 0.05) is 25.6 Å². The number of nitrogens with one attached hydrogen (secondary N) is 1. The molecule has 20 heavy (non-hydrogen) atoms. The van der Waals surface area contributed by atoms with Crippen LogP contribution in [0.25, 0.3) is 0 Å². The summed E-state index contributed by atoms with van der Waals surface area (Å²) in [7, 11) is 0. The summed E-state index contributed by atoms with van der Waals surface area (Å²) >= 11 is 0. The van der Waals surface area contributed by atoms with Gasteiger partial charge in [0.15, 0.2) is 0 Å². The van der Waals surface area contributed by atoms with E-state index in [0.29, 0.717) is 12.1 Å². The summed E-state index contributed by atoms with van der Waals surface area (Å²) in [5, 5.41) is 3.57. The Kier molecular flexibility index (Phi) is 4.58. The summed E-state index contributed by atoms with van der Waals surface area (Å²) in [6.45, 7) is 6.80. The fourth-order valence-corrected chi connectivity index (χ4v) is 3.43. The van der Waals surface area contributed by atoms with E-state index in [4.69, 9.17) is 4.74 Å². The maximum absolute atomic E-state index is 6.08. The second kappa shape index (κ2) is 6.59. The Labute approximate surface area is 122 Å². The van der Waals surface area contributed by atoms with Gasteiger partial charge >= 0.3 is 0 Å². The van der Waals surface area contributed by atoms with Gasteiger partial charge in [-0.3, -0.25) is 4.90 Å². The van der Waals surface area contributed by atoms with Crippen LogP contribution in [0.2, 0.25) is 0 Å². The van der Waals surface area contributed by atoms with Gasteiger partial charge in [-0.05, 0) is 44.0 Å². The highest BCUT2D eigenvalue weighted by molar-refractivity contribution is 5.37. The number of likely N-dealkylation sites (tertiary alicyclic amines) is 1. The van der Waals surface area contributed by atoms with Gasteiger partial charge in [0.25, 0.3) is 0 Å². The SMILES string of the molecule is CCCNCC1CCCN1CC1Cc2ccccc2O1. The molecule has 0 bridgehead atoms. The zero-order valence-corrected chi connectivity index (χ0v) is 12.5. The lowest BCUT2D eigenvalue weighted by atomic mass is 10.1. The highest BCUT2D eigenvalue weighted by Gasteiger charge is 2.30. The maximum atomic E-state index is 6.08. The lowest BCUT2D eigenvalue weighted by Gasteiger charge is -2.27. The van der Waals surface area contributed by atoms with E-state index in [2.05, 4.69) is 41.4 Å². The van der Waals surface area contributed by atoms with Crippen molar-refractivity contribution in [2.24, 2.45) is 0 Å². The first-order valence-corrected chi connectivity index (χ1v) is 8.06. The molecule has 1 aromatic rings. The normalized spacial score (nSPS) is 25.6. The van der Waals surface area contributed by atoms with Crippen LogP contribution in [0.1, 0.15) is 31.7 Å². The van der Waals surface area contributed by atoms with E-state index >= 15 is 0 Å². The van der Waals surface area contributed by atoms with E-state index < -0.39 is 0 Å². The molecule has 3 heteroatoms. The van der Waals surface area contributed by atoms with Crippen molar-refractivity contribution in [3.8, 4) is 5.75 Å². The van der Waals surface area contributed by atoms with Crippen molar-refractivity contribution in [2.45, 2.75) is 44.8 Å². The zero-order chi connectivity index (χ0) is 13.8. The molecular weight excluding hydrogens is 248 g/mol. The summed E-state index contributed by atoms with van der Waals surface area (Å²) in [6, 6.07) is 9.17. The average Bonchev–Trinajstić information content (AvgIpc) is 3.06. The number of nitrogens with zero attached hydrogens (tertiary/aromatic N) is 1. The lowest BCUT2D eigenvalue weighted by molar-refractivity contribution is 0.140. The third kappa shape index (κ3) is 3.15. The van der Waals surface area contributed by atoms with Crippen molar-refractivity contribution >= 4 is 0 Å². The van der Waals surface area contributed by atoms with Gasteiger partial charge in [0.05, 0.1) is 0 Å². The van der Waals surface area contributed by atoms with Crippen LogP contribution in [0, 0.1) is 0 Å². The minimum absolute atomic E-state index is 0.346. The van der Waals surface area contributed by atoms with Gasteiger partial charge in [0.1, 0.15) is 11.9 Å². The van der Waals surface area contributed by atoms with Crippen LogP contribution in [-0.2, 0) is 6.42 Å². The molecule has 0 saturated carbocycles. The number of para-hydroxylation sites is 1. The van der Waals surface area contributed by atoms with Gasteiger partial charge in [-0.1, -0.05) is 25.1 Å². The van der Waals surface area contributed by atoms with Crippen molar-refractivity contribution in [3.05, 3.63) is 29.8 Å². The van der Waals surface area contributed by atoms with Crippen molar-refractivity contribution in [2.75, 3.05) is 26.2 Å². The molecule has 2 aliphatic rings. The maximum Gasteiger partial charge on any atom is 0.123 e. The third-order valence-electron chi connectivity index (χ3n) is 4.46. The Morgan fingerprint density at radius 2 is 2.25 bits per heavy atom. The van der Waals surface area contributed by atoms with E-state index in [1.807, 2.05) is 0 Å². The largest absolute Gasteiger partial charge is 0.488 e. The molecule has 110 valence electrons. The van der Waals surface area contributed by atoms with Crippen molar-refractivity contribution in [3.63, 3.8) is 0 Å². The summed E-state index contributed by atoms with van der Waals surface area (Å²) in [4.78, 5) is 2.62. The fraction of sp³-hybridized carbons (Fsp3) is 0.647. The Balaban J connectivity index is 1.51. The molecule has 2 aliphatic heterocycles. The minimum Gasteiger partial charge on any atom is -0.488 e. The summed E-state index contributed by atoms with van der Waals surface area (Å²) in [5.41, 5.74) is 1.37. The predicted octanol–water partition coefficient (Wildman–Crippen LogP) is 2.45. The van der Waals surface area contributed by atoms with E-state index in [1.165, 1.54) is 31.4 Å². The van der Waals surface area contributed by atoms with Gasteiger partial charge in [-0.25, -0.2) is 0 Å². The van der Waals surface area contributed by atoms with Crippen LogP contribution in [-0.4, -0.2) is 43.2 Å².